The molecule has 2 atom stereocenters. The lowest BCUT2D eigenvalue weighted by molar-refractivity contribution is 0.108. The van der Waals surface area contributed by atoms with Crippen LogP contribution in [0.15, 0.2) is 30.3 Å². The fourth-order valence-electron chi connectivity index (χ4n) is 7.65. The van der Waals surface area contributed by atoms with Crippen molar-refractivity contribution in [2.75, 3.05) is 44.2 Å². The van der Waals surface area contributed by atoms with Crippen molar-refractivity contribution in [3.63, 3.8) is 0 Å². The van der Waals surface area contributed by atoms with E-state index in [2.05, 4.69) is 26.0 Å². The van der Waals surface area contributed by atoms with Crippen LogP contribution in [0.25, 0.3) is 32.9 Å². The van der Waals surface area contributed by atoms with E-state index in [1.165, 1.54) is 6.07 Å². The Kier molecular flexibility index (Phi) is 6.17. The van der Waals surface area contributed by atoms with Gasteiger partial charge in [-0.3, -0.25) is 4.90 Å². The van der Waals surface area contributed by atoms with Gasteiger partial charge in [0.2, 0.25) is 5.88 Å². The number of hydrogen-bond acceptors (Lipinski definition) is 8. The Bertz CT molecular complexity index is 1810. The minimum absolute atomic E-state index is 0.00708. The summed E-state index contributed by atoms with van der Waals surface area (Å²) < 4.78 is 44.6. The van der Waals surface area contributed by atoms with Crippen LogP contribution in [0, 0.1) is 24.0 Å². The summed E-state index contributed by atoms with van der Waals surface area (Å²) in [6.07, 6.45) is 9.89. The fraction of sp³-hybridized carbons (Fsp3) is 0.424. The lowest BCUT2D eigenvalue weighted by Crippen LogP contribution is -2.56. The molecule has 6 heterocycles. The Morgan fingerprint density at radius 3 is 2.74 bits per heavy atom. The molecule has 1 N–H and O–H groups in total. The Morgan fingerprint density at radius 2 is 1.93 bits per heavy atom. The smallest absolute Gasteiger partial charge is 0.319 e. The minimum Gasteiger partial charge on any atom is -0.472 e. The van der Waals surface area contributed by atoms with Gasteiger partial charge in [0.05, 0.1) is 17.1 Å². The van der Waals surface area contributed by atoms with Crippen LogP contribution < -0.4 is 19.7 Å². The Hall–Kier alpha value is -4.07. The molecule has 3 saturated heterocycles. The van der Waals surface area contributed by atoms with Crippen molar-refractivity contribution >= 4 is 27.5 Å². The summed E-state index contributed by atoms with van der Waals surface area (Å²) in [5, 5.41) is 4.95. The number of aromatic nitrogens is 3. The second-order valence-corrected chi connectivity index (χ2v) is 12.1. The molecule has 0 spiro atoms. The van der Waals surface area contributed by atoms with Gasteiger partial charge in [0.15, 0.2) is 5.82 Å². The van der Waals surface area contributed by atoms with Crippen LogP contribution in [0.1, 0.15) is 38.2 Å². The van der Waals surface area contributed by atoms with Gasteiger partial charge in [-0.2, -0.15) is 9.97 Å². The summed E-state index contributed by atoms with van der Waals surface area (Å²) in [4.78, 5) is 19.0. The van der Waals surface area contributed by atoms with Crippen molar-refractivity contribution in [2.24, 2.45) is 0 Å². The summed E-state index contributed by atoms with van der Waals surface area (Å²) in [5.41, 5.74) is 0.464. The first-order chi connectivity index (χ1) is 21.0. The third-order valence-electron chi connectivity index (χ3n) is 9.78. The maximum atomic E-state index is 16.9. The Labute approximate surface area is 248 Å². The molecule has 220 valence electrons. The predicted octanol–water partition coefficient (Wildman–Crippen LogP) is 4.67. The first-order valence-electron chi connectivity index (χ1n) is 15.1. The van der Waals surface area contributed by atoms with Crippen molar-refractivity contribution in [1.29, 1.82) is 0 Å². The van der Waals surface area contributed by atoms with E-state index in [9.17, 15) is 4.39 Å². The molecule has 0 radical (unpaired) electrons. The molecule has 0 saturated carbocycles. The molecular formula is C33H32F2N6O2. The fourth-order valence-corrected chi connectivity index (χ4v) is 7.65. The molecule has 4 aliphatic heterocycles. The summed E-state index contributed by atoms with van der Waals surface area (Å²) in [6, 6.07) is 8.34. The molecule has 0 amide bonds. The van der Waals surface area contributed by atoms with Crippen LogP contribution in [0.2, 0.25) is 0 Å². The first-order valence-corrected chi connectivity index (χ1v) is 15.1. The van der Waals surface area contributed by atoms with E-state index in [1.54, 1.807) is 18.2 Å². The zero-order chi connectivity index (χ0) is 29.3. The molecule has 0 aliphatic carbocycles. The van der Waals surface area contributed by atoms with E-state index in [0.29, 0.717) is 47.2 Å². The lowest BCUT2D eigenvalue weighted by Gasteiger charge is -2.38. The number of ether oxygens (including phenoxy) is 2. The van der Waals surface area contributed by atoms with Crippen LogP contribution in [0.5, 0.6) is 11.9 Å². The van der Waals surface area contributed by atoms with E-state index in [1.807, 2.05) is 13.0 Å². The van der Waals surface area contributed by atoms with E-state index < -0.39 is 11.6 Å². The van der Waals surface area contributed by atoms with Crippen LogP contribution in [0.3, 0.4) is 0 Å². The van der Waals surface area contributed by atoms with Gasteiger partial charge in [-0.15, -0.1) is 6.42 Å². The quantitative estimate of drug-likeness (QED) is 0.348. The number of anilines is 1. The third-order valence-corrected chi connectivity index (χ3v) is 9.78. The summed E-state index contributed by atoms with van der Waals surface area (Å²) in [5.74, 6) is 2.05. The maximum absolute atomic E-state index is 16.9. The first kappa shape index (κ1) is 26.5. The van der Waals surface area contributed by atoms with Gasteiger partial charge in [0.25, 0.3) is 0 Å². The van der Waals surface area contributed by atoms with Gasteiger partial charge < -0.3 is 19.7 Å². The van der Waals surface area contributed by atoms with Crippen molar-refractivity contribution in [2.45, 2.75) is 50.3 Å². The minimum atomic E-state index is -0.654. The number of benzene rings is 2. The van der Waals surface area contributed by atoms with Gasteiger partial charge in [0.1, 0.15) is 40.9 Å². The molecule has 43 heavy (non-hydrogen) atoms. The molecule has 4 aliphatic rings. The molecule has 2 aromatic heterocycles. The number of terminal acetylenes is 1. The topological polar surface area (TPSA) is 75.6 Å². The second kappa shape index (κ2) is 10.00. The van der Waals surface area contributed by atoms with E-state index in [-0.39, 0.29) is 46.3 Å². The molecule has 3 fully saturated rings. The van der Waals surface area contributed by atoms with Crippen LogP contribution in [0.4, 0.5) is 14.6 Å². The number of rotatable bonds is 4. The number of piperazine rings is 1. The predicted molar refractivity (Wildman–Crippen MR) is 160 cm³/mol. The highest BCUT2D eigenvalue weighted by Crippen LogP contribution is 2.44. The highest BCUT2D eigenvalue weighted by atomic mass is 19.1. The zero-order valence-electron chi connectivity index (χ0n) is 24.0. The molecule has 8 rings (SSSR count). The number of halogens is 2. The van der Waals surface area contributed by atoms with Crippen molar-refractivity contribution in [1.82, 2.24) is 25.2 Å². The summed E-state index contributed by atoms with van der Waals surface area (Å²) >= 11 is 0. The number of nitrogens with zero attached hydrogens (tertiary/aromatic N) is 5. The average Bonchev–Trinajstić information content (AvgIpc) is 3.58. The summed E-state index contributed by atoms with van der Waals surface area (Å²) in [7, 11) is 0. The normalized spacial score (nSPS) is 22.6. The maximum Gasteiger partial charge on any atom is 0.319 e. The lowest BCUT2D eigenvalue weighted by atomic mass is 9.95. The largest absolute Gasteiger partial charge is 0.472 e. The third kappa shape index (κ3) is 4.05. The van der Waals surface area contributed by atoms with Crippen LogP contribution in [-0.4, -0.2) is 76.9 Å². The van der Waals surface area contributed by atoms with E-state index in [0.717, 1.165) is 45.3 Å². The van der Waals surface area contributed by atoms with Gasteiger partial charge in [-0.1, -0.05) is 30.2 Å². The number of fused-ring (bicyclic) bond motifs is 4. The molecule has 2 unspecified atom stereocenters. The van der Waals surface area contributed by atoms with Crippen molar-refractivity contribution < 1.29 is 18.3 Å². The van der Waals surface area contributed by atoms with Crippen LogP contribution in [-0.2, 0) is 0 Å². The number of pyridine rings is 1. The van der Waals surface area contributed by atoms with Crippen molar-refractivity contribution in [3.8, 4) is 35.5 Å². The van der Waals surface area contributed by atoms with Crippen molar-refractivity contribution in [3.05, 3.63) is 47.5 Å². The highest BCUT2D eigenvalue weighted by Gasteiger charge is 2.45. The highest BCUT2D eigenvalue weighted by molar-refractivity contribution is 6.03. The average molecular weight is 583 g/mol. The van der Waals surface area contributed by atoms with Gasteiger partial charge in [-0.05, 0) is 57.1 Å². The molecule has 0 bridgehead atoms. The molecule has 2 aromatic carbocycles. The van der Waals surface area contributed by atoms with E-state index >= 15 is 4.39 Å². The monoisotopic (exact) mass is 582 g/mol. The van der Waals surface area contributed by atoms with Gasteiger partial charge in [-0.25, -0.2) is 13.8 Å². The Morgan fingerprint density at radius 1 is 1.09 bits per heavy atom. The molecule has 8 nitrogen and oxygen atoms in total. The summed E-state index contributed by atoms with van der Waals surface area (Å²) in [6.45, 7) is 6.68. The van der Waals surface area contributed by atoms with Gasteiger partial charge in [0, 0.05) is 30.6 Å². The number of nitrogens with one attached hydrogen (secondary N) is 1. The zero-order valence-corrected chi connectivity index (χ0v) is 24.0. The molecule has 10 heteroatoms. The number of hydrogen-bond donors (Lipinski definition) is 1. The standard InChI is InChI=1S/C33H32F2N6O2/c1-3-21-23(34)10-9-20-7-4-8-22(25(20)21)28-27(35)29-26-30(41-16-13-36-17-24(41)19(2)43-31(26)37-28)39-32(38-29)42-18-33-11-5-14-40(33)15-6-12-33/h1,4,7-10,19,24,36H,5-6,11-18H2,2H3. The molecule has 4 aromatic rings. The van der Waals surface area contributed by atoms with E-state index in [4.69, 9.17) is 25.9 Å². The molecular weight excluding hydrogens is 550 g/mol. The second-order valence-electron chi connectivity index (χ2n) is 12.1. The SMILES string of the molecule is C#Cc1c(F)ccc2cccc(-c3nc4c5c(nc(OCC67CCCN6CCC7)nc5c3F)N3CCNCC3C(C)O4)c12. The van der Waals surface area contributed by atoms with Gasteiger partial charge >= 0.3 is 6.01 Å². The Balaban J connectivity index is 1.34. The van der Waals surface area contributed by atoms with Crippen LogP contribution >= 0.6 is 0 Å².